The van der Waals surface area contributed by atoms with Crippen LogP contribution in [-0.4, -0.2) is 18.6 Å². The van der Waals surface area contributed by atoms with Gasteiger partial charge in [0.2, 0.25) is 0 Å². The summed E-state index contributed by atoms with van der Waals surface area (Å²) in [7, 11) is 1.66. The van der Waals surface area contributed by atoms with Gasteiger partial charge in [0.05, 0.1) is 17.3 Å². The van der Waals surface area contributed by atoms with Crippen LogP contribution < -0.4 is 10.1 Å². The lowest BCUT2D eigenvalue weighted by atomic mass is 10.1. The number of thiazole rings is 1. The molecule has 5 heteroatoms. The topological polar surface area (TPSA) is 34.1 Å². The summed E-state index contributed by atoms with van der Waals surface area (Å²) in [5, 5.41) is 4.00. The molecule has 0 amide bonds. The average Bonchev–Trinajstić information content (AvgIpc) is 2.92. The number of nitrogens with zero attached hydrogens (tertiary/aromatic N) is 1. The number of halogens is 1. The molecular weight excluding hydrogens is 287 g/mol. The summed E-state index contributed by atoms with van der Waals surface area (Å²) in [5.41, 5.74) is 1.92. The highest BCUT2D eigenvalue weighted by Crippen LogP contribution is 2.27. The summed E-state index contributed by atoms with van der Waals surface area (Å²) in [6.07, 6.45) is 0.877. The number of methoxy groups -OCH3 is 1. The van der Waals surface area contributed by atoms with Crippen molar-refractivity contribution in [1.82, 2.24) is 4.98 Å². The molecule has 108 valence electrons. The first-order valence-electron chi connectivity index (χ1n) is 6.68. The van der Waals surface area contributed by atoms with Gasteiger partial charge in [0.1, 0.15) is 11.6 Å². The zero-order valence-electron chi connectivity index (χ0n) is 11.6. The Kier molecular flexibility index (Phi) is 4.01. The predicted octanol–water partition coefficient (Wildman–Crippen LogP) is 4.10. The lowest BCUT2D eigenvalue weighted by Crippen LogP contribution is -2.04. The van der Waals surface area contributed by atoms with Gasteiger partial charge < -0.3 is 10.1 Å². The minimum atomic E-state index is -0.215. The van der Waals surface area contributed by atoms with Gasteiger partial charge in [-0.1, -0.05) is 29.5 Å². The number of aromatic nitrogens is 1. The van der Waals surface area contributed by atoms with Crippen LogP contribution in [-0.2, 0) is 6.42 Å². The second-order valence-electron chi connectivity index (χ2n) is 4.63. The summed E-state index contributed by atoms with van der Waals surface area (Å²) in [6, 6.07) is 12.9. The fourth-order valence-corrected chi connectivity index (χ4v) is 2.99. The Morgan fingerprint density at radius 2 is 2.00 bits per heavy atom. The SMILES string of the molecule is COc1ccc(CCNc2nc3cccc(F)c3s2)cc1. The van der Waals surface area contributed by atoms with Crippen molar-refractivity contribution in [1.29, 1.82) is 0 Å². The van der Waals surface area contributed by atoms with Crippen LogP contribution in [0.4, 0.5) is 9.52 Å². The summed E-state index contributed by atoms with van der Waals surface area (Å²) in [4.78, 5) is 4.38. The number of rotatable bonds is 5. The van der Waals surface area contributed by atoms with Crippen LogP contribution in [0.5, 0.6) is 5.75 Å². The molecule has 0 atom stereocenters. The summed E-state index contributed by atoms with van der Waals surface area (Å²) >= 11 is 1.35. The Morgan fingerprint density at radius 1 is 1.19 bits per heavy atom. The van der Waals surface area contributed by atoms with E-state index in [0.717, 1.165) is 23.8 Å². The molecule has 1 heterocycles. The van der Waals surface area contributed by atoms with Crippen LogP contribution in [0.2, 0.25) is 0 Å². The van der Waals surface area contributed by atoms with Crippen LogP contribution in [0.25, 0.3) is 10.2 Å². The van der Waals surface area contributed by atoms with Gasteiger partial charge in [-0.25, -0.2) is 9.37 Å². The normalized spacial score (nSPS) is 10.8. The van der Waals surface area contributed by atoms with Crippen molar-refractivity contribution >= 4 is 26.7 Å². The number of fused-ring (bicyclic) bond motifs is 1. The zero-order chi connectivity index (χ0) is 14.7. The first-order chi connectivity index (χ1) is 10.3. The fraction of sp³-hybridized carbons (Fsp3) is 0.188. The van der Waals surface area contributed by atoms with E-state index >= 15 is 0 Å². The second kappa shape index (κ2) is 6.10. The van der Waals surface area contributed by atoms with Crippen molar-refractivity contribution in [3.8, 4) is 5.75 Å². The van der Waals surface area contributed by atoms with Crippen LogP contribution in [0.3, 0.4) is 0 Å². The zero-order valence-corrected chi connectivity index (χ0v) is 12.4. The quantitative estimate of drug-likeness (QED) is 0.770. The monoisotopic (exact) mass is 302 g/mol. The van der Waals surface area contributed by atoms with Crippen LogP contribution in [0.15, 0.2) is 42.5 Å². The Bertz CT molecular complexity index is 740. The highest BCUT2D eigenvalue weighted by atomic mass is 32.1. The van der Waals surface area contributed by atoms with Gasteiger partial charge in [0, 0.05) is 6.54 Å². The molecule has 0 spiro atoms. The van der Waals surface area contributed by atoms with Gasteiger partial charge in [-0.2, -0.15) is 0 Å². The highest BCUT2D eigenvalue weighted by Gasteiger charge is 2.07. The predicted molar refractivity (Wildman–Crippen MR) is 84.8 cm³/mol. The Morgan fingerprint density at radius 3 is 2.71 bits per heavy atom. The van der Waals surface area contributed by atoms with Gasteiger partial charge >= 0.3 is 0 Å². The third-order valence-corrected chi connectivity index (χ3v) is 4.25. The first kappa shape index (κ1) is 13.8. The third kappa shape index (κ3) is 3.13. The van der Waals surface area contributed by atoms with Crippen LogP contribution >= 0.6 is 11.3 Å². The maximum absolute atomic E-state index is 13.6. The maximum Gasteiger partial charge on any atom is 0.183 e. The molecule has 21 heavy (non-hydrogen) atoms. The van der Waals surface area contributed by atoms with Crippen molar-refractivity contribution in [3.63, 3.8) is 0 Å². The van der Waals surface area contributed by atoms with E-state index in [-0.39, 0.29) is 5.82 Å². The van der Waals surface area contributed by atoms with Crippen molar-refractivity contribution in [3.05, 3.63) is 53.8 Å². The summed E-state index contributed by atoms with van der Waals surface area (Å²) in [5.74, 6) is 0.640. The maximum atomic E-state index is 13.6. The van der Waals surface area contributed by atoms with E-state index in [1.54, 1.807) is 13.2 Å². The minimum Gasteiger partial charge on any atom is -0.497 e. The number of anilines is 1. The molecule has 3 rings (SSSR count). The minimum absolute atomic E-state index is 0.215. The number of nitrogens with one attached hydrogen (secondary N) is 1. The van der Waals surface area contributed by atoms with E-state index in [1.165, 1.54) is 23.0 Å². The number of ether oxygens (including phenoxy) is 1. The van der Waals surface area contributed by atoms with Gasteiger partial charge in [-0.15, -0.1) is 0 Å². The smallest absolute Gasteiger partial charge is 0.183 e. The van der Waals surface area contributed by atoms with Crippen LogP contribution in [0, 0.1) is 5.82 Å². The molecule has 0 aliphatic heterocycles. The standard InChI is InChI=1S/C16H15FN2OS/c1-20-12-7-5-11(6-8-12)9-10-18-16-19-14-4-2-3-13(17)15(14)21-16/h2-8H,9-10H2,1H3,(H,18,19). The molecule has 3 nitrogen and oxygen atoms in total. The van der Waals surface area contributed by atoms with Crippen molar-refractivity contribution in [2.24, 2.45) is 0 Å². The summed E-state index contributed by atoms with van der Waals surface area (Å²) in [6.45, 7) is 0.758. The molecule has 0 aliphatic carbocycles. The fourth-order valence-electron chi connectivity index (χ4n) is 2.10. The number of hydrogen-bond acceptors (Lipinski definition) is 4. The number of benzene rings is 2. The lowest BCUT2D eigenvalue weighted by molar-refractivity contribution is 0.414. The van der Waals surface area contributed by atoms with E-state index in [2.05, 4.69) is 10.3 Å². The van der Waals surface area contributed by atoms with E-state index in [1.807, 2.05) is 30.3 Å². The van der Waals surface area contributed by atoms with Gasteiger partial charge in [0.15, 0.2) is 5.13 Å². The Balaban J connectivity index is 1.62. The molecular formula is C16H15FN2OS. The van der Waals surface area contributed by atoms with Crippen molar-refractivity contribution in [2.45, 2.75) is 6.42 Å². The summed E-state index contributed by atoms with van der Waals surface area (Å²) < 4.78 is 19.3. The van der Waals surface area contributed by atoms with E-state index < -0.39 is 0 Å². The lowest BCUT2D eigenvalue weighted by Gasteiger charge is -2.04. The van der Waals surface area contributed by atoms with Crippen molar-refractivity contribution < 1.29 is 9.13 Å². The molecule has 0 aliphatic rings. The molecule has 3 aromatic rings. The molecule has 0 saturated heterocycles. The molecule has 0 saturated carbocycles. The third-order valence-electron chi connectivity index (χ3n) is 3.22. The van der Waals surface area contributed by atoms with E-state index in [9.17, 15) is 4.39 Å². The Labute approximate surface area is 126 Å². The highest BCUT2D eigenvalue weighted by molar-refractivity contribution is 7.22. The van der Waals surface area contributed by atoms with Crippen LogP contribution in [0.1, 0.15) is 5.56 Å². The molecule has 0 unspecified atom stereocenters. The molecule has 2 aromatic carbocycles. The largest absolute Gasteiger partial charge is 0.497 e. The second-order valence-corrected chi connectivity index (χ2v) is 5.63. The molecule has 0 radical (unpaired) electrons. The Hall–Kier alpha value is -2.14. The van der Waals surface area contributed by atoms with Gasteiger partial charge in [-0.05, 0) is 36.2 Å². The molecule has 0 fully saturated rings. The first-order valence-corrected chi connectivity index (χ1v) is 7.50. The molecule has 1 N–H and O–H groups in total. The number of hydrogen-bond donors (Lipinski definition) is 1. The molecule has 0 bridgehead atoms. The van der Waals surface area contributed by atoms with E-state index in [0.29, 0.717) is 10.2 Å². The molecule has 1 aromatic heterocycles. The van der Waals surface area contributed by atoms with Crippen molar-refractivity contribution in [2.75, 3.05) is 19.0 Å². The van der Waals surface area contributed by atoms with Gasteiger partial charge in [0.25, 0.3) is 0 Å². The van der Waals surface area contributed by atoms with Gasteiger partial charge in [-0.3, -0.25) is 0 Å². The van der Waals surface area contributed by atoms with E-state index in [4.69, 9.17) is 4.74 Å². The average molecular weight is 302 g/mol.